The molecule has 1 N–H and O–H groups in total. The SMILES string of the molecule is CCc1ncnn1-c1cc(C)nc2c(OCc3c(Cl)cc(C)cc3[C@H](C)NC(=O)c3cocn3)cccc12. The van der Waals surface area contributed by atoms with Crippen LogP contribution in [-0.2, 0) is 13.0 Å². The maximum atomic E-state index is 12.6. The van der Waals surface area contributed by atoms with Gasteiger partial charge in [0, 0.05) is 28.1 Å². The first-order chi connectivity index (χ1) is 18.4. The molecule has 194 valence electrons. The number of halogens is 1. The summed E-state index contributed by atoms with van der Waals surface area (Å²) in [7, 11) is 0. The van der Waals surface area contributed by atoms with E-state index in [-0.39, 0.29) is 24.2 Å². The van der Waals surface area contributed by atoms with Crippen molar-refractivity contribution in [2.24, 2.45) is 0 Å². The number of pyridine rings is 1. The fourth-order valence-electron chi connectivity index (χ4n) is 4.49. The zero-order valence-corrected chi connectivity index (χ0v) is 22.3. The van der Waals surface area contributed by atoms with Gasteiger partial charge < -0.3 is 14.5 Å². The number of hydrogen-bond acceptors (Lipinski definition) is 7. The Morgan fingerprint density at radius 2 is 2.05 bits per heavy atom. The topological polar surface area (TPSA) is 108 Å². The molecule has 0 radical (unpaired) electrons. The number of benzene rings is 2. The molecule has 38 heavy (non-hydrogen) atoms. The largest absolute Gasteiger partial charge is 0.487 e. The molecule has 5 rings (SSSR count). The first-order valence-electron chi connectivity index (χ1n) is 12.3. The van der Waals surface area contributed by atoms with Crippen LogP contribution in [-0.4, -0.2) is 30.6 Å². The quantitative estimate of drug-likeness (QED) is 0.274. The van der Waals surface area contributed by atoms with Crippen LogP contribution >= 0.6 is 11.6 Å². The number of nitrogens with one attached hydrogen (secondary N) is 1. The van der Waals surface area contributed by atoms with Gasteiger partial charge in [0.1, 0.15) is 36.3 Å². The summed E-state index contributed by atoms with van der Waals surface area (Å²) >= 11 is 6.70. The lowest BCUT2D eigenvalue weighted by Gasteiger charge is -2.20. The molecule has 0 bridgehead atoms. The van der Waals surface area contributed by atoms with Gasteiger partial charge >= 0.3 is 0 Å². The number of ether oxygens (including phenoxy) is 1. The second-order valence-electron chi connectivity index (χ2n) is 9.05. The van der Waals surface area contributed by atoms with Crippen LogP contribution in [0.4, 0.5) is 0 Å². The molecule has 3 heterocycles. The number of rotatable bonds is 8. The molecule has 3 aromatic heterocycles. The van der Waals surface area contributed by atoms with Gasteiger partial charge in [-0.2, -0.15) is 5.10 Å². The van der Waals surface area contributed by atoms with Gasteiger partial charge in [-0.15, -0.1) is 0 Å². The fourth-order valence-corrected chi connectivity index (χ4v) is 4.82. The molecule has 0 spiro atoms. The minimum atomic E-state index is -0.352. The van der Waals surface area contributed by atoms with E-state index in [9.17, 15) is 4.79 Å². The number of oxazole rings is 1. The summed E-state index contributed by atoms with van der Waals surface area (Å²) in [6, 6.07) is 11.3. The maximum Gasteiger partial charge on any atom is 0.273 e. The van der Waals surface area contributed by atoms with Gasteiger partial charge in [-0.25, -0.2) is 19.6 Å². The summed E-state index contributed by atoms with van der Waals surface area (Å²) in [5.74, 6) is 1.14. The molecule has 5 aromatic rings. The minimum absolute atomic E-state index is 0.187. The van der Waals surface area contributed by atoms with Gasteiger partial charge in [-0.3, -0.25) is 4.79 Å². The van der Waals surface area contributed by atoms with Crippen LogP contribution in [0.5, 0.6) is 5.75 Å². The van der Waals surface area contributed by atoms with Gasteiger partial charge in [0.15, 0.2) is 12.1 Å². The highest BCUT2D eigenvalue weighted by Gasteiger charge is 2.20. The summed E-state index contributed by atoms with van der Waals surface area (Å²) in [6.07, 6.45) is 4.84. The highest BCUT2D eigenvalue weighted by atomic mass is 35.5. The van der Waals surface area contributed by atoms with Crippen molar-refractivity contribution in [2.45, 2.75) is 46.8 Å². The lowest BCUT2D eigenvalue weighted by molar-refractivity contribution is 0.0934. The van der Waals surface area contributed by atoms with Crippen molar-refractivity contribution in [3.05, 3.63) is 94.3 Å². The molecule has 0 unspecified atom stereocenters. The number of nitrogens with zero attached hydrogens (tertiary/aromatic N) is 5. The number of carbonyl (C=O) groups excluding carboxylic acids is 1. The van der Waals surface area contributed by atoms with E-state index >= 15 is 0 Å². The van der Waals surface area contributed by atoms with Crippen LogP contribution in [0.3, 0.4) is 0 Å². The average molecular weight is 531 g/mol. The zero-order chi connectivity index (χ0) is 26.8. The van der Waals surface area contributed by atoms with Crippen molar-refractivity contribution in [1.29, 1.82) is 0 Å². The lowest BCUT2D eigenvalue weighted by Crippen LogP contribution is -2.28. The molecule has 0 aliphatic heterocycles. The number of aromatic nitrogens is 5. The Morgan fingerprint density at radius 3 is 2.82 bits per heavy atom. The molecule has 0 saturated heterocycles. The van der Waals surface area contributed by atoms with Crippen molar-refractivity contribution in [1.82, 2.24) is 30.0 Å². The number of aryl methyl sites for hydroxylation is 3. The molecule has 0 saturated carbocycles. The Morgan fingerprint density at radius 1 is 1.21 bits per heavy atom. The molecule has 10 heteroatoms. The molecular formula is C28H27ClN6O3. The van der Waals surface area contributed by atoms with Gasteiger partial charge in [0.2, 0.25) is 0 Å². The van der Waals surface area contributed by atoms with Crippen LogP contribution < -0.4 is 10.1 Å². The van der Waals surface area contributed by atoms with Crippen molar-refractivity contribution in [3.63, 3.8) is 0 Å². The Kier molecular flexibility index (Phi) is 7.11. The van der Waals surface area contributed by atoms with Gasteiger partial charge in [-0.05, 0) is 50.1 Å². The van der Waals surface area contributed by atoms with Gasteiger partial charge in [0.05, 0.1) is 11.7 Å². The third-order valence-electron chi connectivity index (χ3n) is 6.30. The van der Waals surface area contributed by atoms with E-state index in [0.717, 1.165) is 51.2 Å². The number of hydrogen-bond donors (Lipinski definition) is 1. The summed E-state index contributed by atoms with van der Waals surface area (Å²) in [5, 5.41) is 8.86. The molecule has 9 nitrogen and oxygen atoms in total. The second kappa shape index (κ2) is 10.6. The van der Waals surface area contributed by atoms with E-state index in [1.807, 2.05) is 68.8 Å². The molecular weight excluding hydrogens is 504 g/mol. The molecule has 0 fully saturated rings. The van der Waals surface area contributed by atoms with Gasteiger partial charge in [0.25, 0.3) is 5.91 Å². The number of carbonyl (C=O) groups is 1. The Hall–Kier alpha value is -4.24. The van der Waals surface area contributed by atoms with Crippen molar-refractivity contribution >= 4 is 28.4 Å². The highest BCUT2D eigenvalue weighted by molar-refractivity contribution is 6.31. The molecule has 0 aliphatic carbocycles. The van der Waals surface area contributed by atoms with E-state index < -0.39 is 0 Å². The second-order valence-corrected chi connectivity index (χ2v) is 9.46. The van der Waals surface area contributed by atoms with Crippen molar-refractivity contribution < 1.29 is 13.9 Å². The van der Waals surface area contributed by atoms with E-state index in [1.165, 1.54) is 12.7 Å². The maximum absolute atomic E-state index is 12.6. The van der Waals surface area contributed by atoms with E-state index in [0.29, 0.717) is 10.8 Å². The molecule has 1 amide bonds. The van der Waals surface area contributed by atoms with E-state index in [4.69, 9.17) is 25.7 Å². The predicted octanol–water partition coefficient (Wildman–Crippen LogP) is 5.71. The summed E-state index contributed by atoms with van der Waals surface area (Å²) in [4.78, 5) is 25.7. The van der Waals surface area contributed by atoms with E-state index in [2.05, 4.69) is 20.4 Å². The van der Waals surface area contributed by atoms with Crippen LogP contribution in [0.1, 0.15) is 58.6 Å². The van der Waals surface area contributed by atoms with Crippen LogP contribution in [0.25, 0.3) is 16.6 Å². The normalized spacial score (nSPS) is 12.0. The standard InChI is InChI=1S/C28H27ClN6O3/c1-5-26-30-14-32-35(26)24-11-17(3)33-27-19(24)7-6-8-25(27)38-12-21-20(9-16(2)10-22(21)29)18(4)34-28(36)23-13-37-15-31-23/h6-11,13-15,18H,5,12H2,1-4H3,(H,34,36)/t18-/m0/s1. The van der Waals surface area contributed by atoms with Crippen LogP contribution in [0, 0.1) is 13.8 Å². The smallest absolute Gasteiger partial charge is 0.273 e. The number of amides is 1. The van der Waals surface area contributed by atoms with Crippen molar-refractivity contribution in [3.8, 4) is 11.4 Å². The molecule has 0 aliphatic rings. The first kappa shape index (κ1) is 25.4. The van der Waals surface area contributed by atoms with Crippen molar-refractivity contribution in [2.75, 3.05) is 0 Å². The summed E-state index contributed by atoms with van der Waals surface area (Å²) in [6.45, 7) is 8.02. The fraction of sp³-hybridized carbons (Fsp3) is 0.250. The molecule has 1 atom stereocenters. The first-order valence-corrected chi connectivity index (χ1v) is 12.6. The molecule has 2 aromatic carbocycles. The number of para-hydroxylation sites is 1. The Labute approximate surface area is 224 Å². The summed E-state index contributed by atoms with van der Waals surface area (Å²) < 4.78 is 13.1. The third kappa shape index (κ3) is 4.97. The number of fused-ring (bicyclic) bond motifs is 1. The van der Waals surface area contributed by atoms with Gasteiger partial charge in [-0.1, -0.05) is 36.7 Å². The lowest BCUT2D eigenvalue weighted by atomic mass is 9.99. The average Bonchev–Trinajstić information content (AvgIpc) is 3.60. The minimum Gasteiger partial charge on any atom is -0.487 e. The third-order valence-corrected chi connectivity index (χ3v) is 6.63. The Bertz CT molecular complexity index is 1610. The van der Waals surface area contributed by atoms with Crippen LogP contribution in [0.15, 0.2) is 59.8 Å². The zero-order valence-electron chi connectivity index (χ0n) is 21.5. The Balaban J connectivity index is 1.48. The monoisotopic (exact) mass is 530 g/mol. The van der Waals surface area contributed by atoms with E-state index in [1.54, 1.807) is 6.33 Å². The highest BCUT2D eigenvalue weighted by Crippen LogP contribution is 2.32. The predicted molar refractivity (Wildman–Crippen MR) is 144 cm³/mol. The summed E-state index contributed by atoms with van der Waals surface area (Å²) in [5.41, 5.74) is 5.26. The van der Waals surface area contributed by atoms with Crippen LogP contribution in [0.2, 0.25) is 5.02 Å².